The van der Waals surface area contributed by atoms with Crippen molar-refractivity contribution in [2.75, 3.05) is 0 Å². The van der Waals surface area contributed by atoms with Crippen molar-refractivity contribution < 1.29 is 9.31 Å². The third-order valence-corrected chi connectivity index (χ3v) is 3.65. The van der Waals surface area contributed by atoms with Crippen molar-refractivity contribution in [3.8, 4) is 0 Å². The van der Waals surface area contributed by atoms with Gasteiger partial charge in [-0.25, -0.2) is 4.39 Å². The van der Waals surface area contributed by atoms with Crippen LogP contribution in [0, 0.1) is 22.9 Å². The molecule has 1 N–H and O–H groups in total. The molecule has 0 radical (unpaired) electrons. The minimum atomic E-state index is -0.494. The van der Waals surface area contributed by atoms with Gasteiger partial charge < -0.3 is 5.32 Å². The van der Waals surface area contributed by atoms with Gasteiger partial charge in [0.25, 0.3) is 5.69 Å². The van der Waals surface area contributed by atoms with E-state index < -0.39 is 10.7 Å². The van der Waals surface area contributed by atoms with Gasteiger partial charge in [-0.15, -0.1) is 11.3 Å². The molecule has 0 aliphatic heterocycles. The van der Waals surface area contributed by atoms with Gasteiger partial charge in [0.15, 0.2) is 0 Å². The van der Waals surface area contributed by atoms with Gasteiger partial charge in [0.1, 0.15) is 5.82 Å². The van der Waals surface area contributed by atoms with Crippen LogP contribution < -0.4 is 5.32 Å². The fourth-order valence-corrected chi connectivity index (χ4v) is 2.63. The third-order valence-electron chi connectivity index (χ3n) is 2.65. The highest BCUT2D eigenvalue weighted by atomic mass is 32.1. The van der Waals surface area contributed by atoms with Gasteiger partial charge in [0.05, 0.1) is 4.92 Å². The van der Waals surface area contributed by atoms with Crippen molar-refractivity contribution in [3.05, 3.63) is 61.6 Å². The van der Waals surface area contributed by atoms with E-state index >= 15 is 0 Å². The zero-order chi connectivity index (χ0) is 13.8. The van der Waals surface area contributed by atoms with E-state index in [9.17, 15) is 14.5 Å². The molecule has 0 saturated heterocycles. The van der Waals surface area contributed by atoms with Crippen molar-refractivity contribution in [1.82, 2.24) is 5.32 Å². The van der Waals surface area contributed by atoms with Crippen LogP contribution in [0.25, 0.3) is 0 Å². The second kappa shape index (κ2) is 5.90. The fraction of sp³-hybridized carbons (Fsp3) is 0.231. The van der Waals surface area contributed by atoms with E-state index in [1.54, 1.807) is 11.3 Å². The summed E-state index contributed by atoms with van der Waals surface area (Å²) < 4.78 is 13.1. The number of nitrogens with zero attached hydrogens (tertiary/aromatic N) is 1. The first kappa shape index (κ1) is 13.6. The molecule has 4 nitrogen and oxygen atoms in total. The molecule has 6 heteroatoms. The average molecular weight is 280 g/mol. The average Bonchev–Trinajstić information content (AvgIpc) is 2.75. The Kier molecular flexibility index (Phi) is 4.24. The van der Waals surface area contributed by atoms with Gasteiger partial charge in [0.2, 0.25) is 0 Å². The molecule has 0 aliphatic carbocycles. The molecule has 0 fully saturated rings. The van der Waals surface area contributed by atoms with Crippen LogP contribution in [0.15, 0.2) is 30.3 Å². The number of benzene rings is 1. The number of nitro benzene ring substituents is 1. The molecule has 0 atom stereocenters. The van der Waals surface area contributed by atoms with E-state index in [-0.39, 0.29) is 12.2 Å². The van der Waals surface area contributed by atoms with E-state index in [4.69, 9.17) is 0 Å². The van der Waals surface area contributed by atoms with E-state index in [0.717, 1.165) is 10.9 Å². The lowest BCUT2D eigenvalue weighted by Crippen LogP contribution is -2.13. The molecular formula is C13H13FN2O2S. The lowest BCUT2D eigenvalue weighted by Gasteiger charge is -2.04. The summed E-state index contributed by atoms with van der Waals surface area (Å²) in [4.78, 5) is 12.7. The quantitative estimate of drug-likeness (QED) is 0.674. The smallest absolute Gasteiger partial charge is 0.274 e. The molecule has 2 rings (SSSR count). The molecule has 1 aromatic heterocycles. The number of aryl methyl sites for hydroxylation is 1. The molecule has 1 heterocycles. The third kappa shape index (κ3) is 3.59. The Balaban J connectivity index is 2.02. The summed E-state index contributed by atoms with van der Waals surface area (Å²) in [7, 11) is 0. The summed E-state index contributed by atoms with van der Waals surface area (Å²) in [6, 6.07) is 7.52. The molecule has 100 valence electrons. The number of rotatable bonds is 5. The zero-order valence-corrected chi connectivity index (χ0v) is 11.2. The maximum absolute atomic E-state index is 13.1. The minimum Gasteiger partial charge on any atom is -0.308 e. The topological polar surface area (TPSA) is 55.2 Å². The van der Waals surface area contributed by atoms with Crippen molar-refractivity contribution in [2.24, 2.45) is 0 Å². The van der Waals surface area contributed by atoms with Crippen LogP contribution in [0.3, 0.4) is 0 Å². The van der Waals surface area contributed by atoms with E-state index in [1.807, 2.05) is 19.1 Å². The summed E-state index contributed by atoms with van der Waals surface area (Å²) >= 11 is 1.67. The van der Waals surface area contributed by atoms with Gasteiger partial charge >= 0.3 is 0 Å². The molecule has 0 bridgehead atoms. The summed E-state index contributed by atoms with van der Waals surface area (Å²) in [6.45, 7) is 2.91. The first-order chi connectivity index (χ1) is 9.06. The highest BCUT2D eigenvalue weighted by Crippen LogP contribution is 2.20. The lowest BCUT2D eigenvalue weighted by atomic mass is 10.1. The Morgan fingerprint density at radius 3 is 2.74 bits per heavy atom. The van der Waals surface area contributed by atoms with Gasteiger partial charge in [-0.2, -0.15) is 0 Å². The van der Waals surface area contributed by atoms with Crippen LogP contribution in [-0.4, -0.2) is 4.92 Å². The zero-order valence-electron chi connectivity index (χ0n) is 10.4. The largest absolute Gasteiger partial charge is 0.308 e. The number of nitrogens with one attached hydrogen (secondary N) is 1. The first-order valence-corrected chi connectivity index (χ1v) is 6.57. The maximum Gasteiger partial charge on any atom is 0.274 e. The van der Waals surface area contributed by atoms with E-state index in [1.165, 1.54) is 17.0 Å². The second-order valence-corrected chi connectivity index (χ2v) is 5.52. The SMILES string of the molecule is Cc1ccc(CNCc2cc(F)ccc2[N+](=O)[O-])s1. The highest BCUT2D eigenvalue weighted by Gasteiger charge is 2.13. The molecular weight excluding hydrogens is 267 g/mol. The van der Waals surface area contributed by atoms with Crippen LogP contribution in [-0.2, 0) is 13.1 Å². The van der Waals surface area contributed by atoms with Crippen LogP contribution in [0.2, 0.25) is 0 Å². The number of thiophene rings is 1. The van der Waals surface area contributed by atoms with Gasteiger partial charge in [-0.1, -0.05) is 0 Å². The monoisotopic (exact) mass is 280 g/mol. The molecule has 2 aromatic rings. The van der Waals surface area contributed by atoms with E-state index in [2.05, 4.69) is 5.32 Å². The summed E-state index contributed by atoms with van der Waals surface area (Å²) in [5.74, 6) is -0.464. The van der Waals surface area contributed by atoms with Gasteiger partial charge in [-0.3, -0.25) is 10.1 Å². The van der Waals surface area contributed by atoms with Gasteiger partial charge in [0, 0.05) is 34.5 Å². The van der Waals surface area contributed by atoms with Crippen molar-refractivity contribution in [1.29, 1.82) is 0 Å². The maximum atomic E-state index is 13.1. The van der Waals surface area contributed by atoms with Crippen LogP contribution in [0.5, 0.6) is 0 Å². The normalized spacial score (nSPS) is 10.6. The molecule has 0 aliphatic rings. The molecule has 0 saturated carbocycles. The lowest BCUT2D eigenvalue weighted by molar-refractivity contribution is -0.385. The second-order valence-electron chi connectivity index (χ2n) is 4.15. The molecule has 0 spiro atoms. The van der Waals surface area contributed by atoms with Crippen molar-refractivity contribution in [2.45, 2.75) is 20.0 Å². The van der Waals surface area contributed by atoms with Gasteiger partial charge in [-0.05, 0) is 31.2 Å². The molecule has 0 amide bonds. The summed E-state index contributed by atoms with van der Waals surface area (Å²) in [6.07, 6.45) is 0. The Morgan fingerprint density at radius 2 is 2.11 bits per heavy atom. The Morgan fingerprint density at radius 1 is 1.32 bits per heavy atom. The molecule has 19 heavy (non-hydrogen) atoms. The Labute approximate surface area is 114 Å². The van der Waals surface area contributed by atoms with Crippen molar-refractivity contribution >= 4 is 17.0 Å². The van der Waals surface area contributed by atoms with Crippen LogP contribution >= 0.6 is 11.3 Å². The summed E-state index contributed by atoms with van der Waals surface area (Å²) in [5.41, 5.74) is 0.300. The number of hydrogen-bond acceptors (Lipinski definition) is 4. The Bertz CT molecular complexity index is 598. The minimum absolute atomic E-state index is 0.0590. The predicted octanol–water partition coefficient (Wildman–Crippen LogP) is 3.39. The molecule has 0 unspecified atom stereocenters. The molecule has 1 aromatic carbocycles. The summed E-state index contributed by atoms with van der Waals surface area (Å²) in [5, 5.41) is 13.9. The Hall–Kier alpha value is -1.79. The fourth-order valence-electron chi connectivity index (χ4n) is 1.77. The number of hydrogen-bond donors (Lipinski definition) is 1. The number of nitro groups is 1. The van der Waals surface area contributed by atoms with Crippen LogP contribution in [0.4, 0.5) is 10.1 Å². The number of halogens is 1. The highest BCUT2D eigenvalue weighted by molar-refractivity contribution is 7.11. The first-order valence-electron chi connectivity index (χ1n) is 5.75. The van der Waals surface area contributed by atoms with Crippen molar-refractivity contribution in [3.63, 3.8) is 0 Å². The predicted molar refractivity (Wildman–Crippen MR) is 72.7 cm³/mol. The van der Waals surface area contributed by atoms with E-state index in [0.29, 0.717) is 12.1 Å². The van der Waals surface area contributed by atoms with Crippen LogP contribution in [0.1, 0.15) is 15.3 Å². The standard InChI is InChI=1S/C13H13FN2O2S/c1-9-2-4-12(19-9)8-15-7-10-6-11(14)3-5-13(10)16(17)18/h2-6,15H,7-8H2,1H3.